The van der Waals surface area contributed by atoms with E-state index in [4.69, 9.17) is 4.74 Å². The van der Waals surface area contributed by atoms with E-state index in [1.807, 2.05) is 26.0 Å². The average molecular weight is 331 g/mol. The highest BCUT2D eigenvalue weighted by atomic mass is 16.5. The van der Waals surface area contributed by atoms with Crippen molar-refractivity contribution in [3.05, 3.63) is 46.4 Å². The van der Waals surface area contributed by atoms with Gasteiger partial charge in [0.1, 0.15) is 11.9 Å². The zero-order valence-corrected chi connectivity index (χ0v) is 14.5. The predicted molar refractivity (Wildman–Crippen MR) is 98.9 cm³/mol. The van der Waals surface area contributed by atoms with Crippen LogP contribution in [0.4, 0.5) is 0 Å². The summed E-state index contributed by atoms with van der Waals surface area (Å²) in [5.41, 5.74) is 1.82. The van der Waals surface area contributed by atoms with Gasteiger partial charge in [-0.25, -0.2) is 4.99 Å². The maximum atomic E-state index is 9.47. The molecule has 25 heavy (non-hydrogen) atoms. The molecule has 4 rings (SSSR count). The van der Waals surface area contributed by atoms with Crippen LogP contribution < -0.4 is 20.5 Å². The van der Waals surface area contributed by atoms with Gasteiger partial charge in [-0.2, -0.15) is 5.26 Å². The van der Waals surface area contributed by atoms with E-state index in [1.54, 1.807) is 0 Å². The van der Waals surface area contributed by atoms with Gasteiger partial charge in [0.25, 0.3) is 0 Å². The fourth-order valence-electron chi connectivity index (χ4n) is 3.32. The number of nitrogens with one attached hydrogen (secondary N) is 1. The minimum Gasteiger partial charge on any atom is -0.486 e. The van der Waals surface area contributed by atoms with Crippen molar-refractivity contribution in [3.8, 4) is 11.8 Å². The maximum Gasteiger partial charge on any atom is 0.137 e. The standard InChI is InChI=1S/C21H21N3O/c1-14-6-17-7-16(15-4-3-5-21(2,9-15)13-22)8-20(19(17)12-24-14)25-18-10-23-11-18/h3-8,14,18,23H,9-11H2,1-2H3. The highest BCUT2D eigenvalue weighted by molar-refractivity contribution is 5.73. The lowest BCUT2D eigenvalue weighted by atomic mass is 9.79. The number of hydrogen-bond donors (Lipinski definition) is 1. The van der Waals surface area contributed by atoms with Crippen LogP contribution >= 0.6 is 0 Å². The van der Waals surface area contributed by atoms with Crippen LogP contribution in [0.15, 0.2) is 35.4 Å². The van der Waals surface area contributed by atoms with Crippen LogP contribution in [-0.2, 0) is 0 Å². The van der Waals surface area contributed by atoms with E-state index in [0.717, 1.165) is 40.4 Å². The zero-order valence-electron chi connectivity index (χ0n) is 14.5. The number of nitrogens with zero attached hydrogens (tertiary/aromatic N) is 2. The van der Waals surface area contributed by atoms with E-state index in [2.05, 4.69) is 46.5 Å². The zero-order chi connectivity index (χ0) is 17.4. The summed E-state index contributed by atoms with van der Waals surface area (Å²) in [5, 5.41) is 14.7. The number of fused-ring (bicyclic) bond motifs is 1. The lowest BCUT2D eigenvalue weighted by Gasteiger charge is -2.28. The van der Waals surface area contributed by atoms with Crippen molar-refractivity contribution in [1.82, 2.24) is 5.32 Å². The van der Waals surface area contributed by atoms with Crippen molar-refractivity contribution in [1.29, 1.82) is 5.26 Å². The molecule has 0 aromatic heterocycles. The van der Waals surface area contributed by atoms with E-state index >= 15 is 0 Å². The van der Waals surface area contributed by atoms with Crippen LogP contribution in [0.3, 0.4) is 0 Å². The Morgan fingerprint density at radius 2 is 2.24 bits per heavy atom. The van der Waals surface area contributed by atoms with Crippen molar-refractivity contribution in [2.75, 3.05) is 13.1 Å². The van der Waals surface area contributed by atoms with Crippen LogP contribution in [0.1, 0.15) is 25.8 Å². The Morgan fingerprint density at radius 3 is 2.96 bits per heavy atom. The fraction of sp³-hybridized carbons (Fsp3) is 0.381. The first-order chi connectivity index (χ1) is 12.1. The van der Waals surface area contributed by atoms with Gasteiger partial charge < -0.3 is 10.1 Å². The summed E-state index contributed by atoms with van der Waals surface area (Å²) < 4.78 is 6.18. The number of benzene rings is 1. The summed E-state index contributed by atoms with van der Waals surface area (Å²) >= 11 is 0. The molecule has 3 aliphatic rings. The van der Waals surface area contributed by atoms with Crippen molar-refractivity contribution in [2.24, 2.45) is 10.4 Å². The second-order valence-corrected chi connectivity index (χ2v) is 7.24. The van der Waals surface area contributed by atoms with E-state index in [-0.39, 0.29) is 12.1 Å². The monoisotopic (exact) mass is 331 g/mol. The molecule has 2 aliphatic heterocycles. The molecule has 1 N–H and O–H groups in total. The summed E-state index contributed by atoms with van der Waals surface area (Å²) in [5.74, 6) is 3.99. The quantitative estimate of drug-likeness (QED) is 0.912. The topological polar surface area (TPSA) is 57.4 Å². The fourth-order valence-corrected chi connectivity index (χ4v) is 3.32. The molecule has 1 saturated heterocycles. The molecule has 126 valence electrons. The average Bonchev–Trinajstić information content (AvgIpc) is 2.57. The third-order valence-electron chi connectivity index (χ3n) is 4.92. The summed E-state index contributed by atoms with van der Waals surface area (Å²) in [7, 11) is 0. The molecule has 1 aromatic rings. The van der Waals surface area contributed by atoms with E-state index in [1.165, 1.54) is 0 Å². The molecule has 1 fully saturated rings. The van der Waals surface area contributed by atoms with Gasteiger partial charge in [0.2, 0.25) is 0 Å². The Morgan fingerprint density at radius 1 is 1.40 bits per heavy atom. The van der Waals surface area contributed by atoms with Crippen molar-refractivity contribution < 1.29 is 4.74 Å². The van der Waals surface area contributed by atoms with Gasteiger partial charge in [-0.05, 0) is 54.6 Å². The molecular weight excluding hydrogens is 310 g/mol. The predicted octanol–water partition coefficient (Wildman–Crippen LogP) is 1.43. The molecule has 0 bridgehead atoms. The summed E-state index contributed by atoms with van der Waals surface area (Å²) in [6, 6.07) is 6.77. The van der Waals surface area contributed by atoms with Gasteiger partial charge in [0.15, 0.2) is 0 Å². The Bertz CT molecular complexity index is 972. The van der Waals surface area contributed by atoms with E-state index in [9.17, 15) is 5.26 Å². The first kappa shape index (κ1) is 15.9. The van der Waals surface area contributed by atoms with Gasteiger partial charge >= 0.3 is 0 Å². The van der Waals surface area contributed by atoms with Crippen molar-refractivity contribution in [3.63, 3.8) is 0 Å². The summed E-state index contributed by atoms with van der Waals surface area (Å²) in [6.45, 7) is 5.76. The van der Waals surface area contributed by atoms with Crippen LogP contribution in [0, 0.1) is 16.7 Å². The molecule has 0 amide bonds. The number of aliphatic imine (C=N–C) groups is 1. The van der Waals surface area contributed by atoms with Crippen LogP contribution in [0.2, 0.25) is 0 Å². The van der Waals surface area contributed by atoms with Crippen LogP contribution in [-0.4, -0.2) is 31.1 Å². The molecule has 2 atom stereocenters. The molecule has 2 heterocycles. The summed E-state index contributed by atoms with van der Waals surface area (Å²) in [4.78, 5) is 4.39. The molecule has 1 aliphatic carbocycles. The number of ether oxygens (including phenoxy) is 1. The largest absolute Gasteiger partial charge is 0.486 e. The van der Waals surface area contributed by atoms with Gasteiger partial charge in [0.05, 0.1) is 22.7 Å². The second kappa shape index (κ2) is 6.04. The van der Waals surface area contributed by atoms with Crippen molar-refractivity contribution >= 4 is 17.5 Å². The Labute approximate surface area is 147 Å². The van der Waals surface area contributed by atoms with Gasteiger partial charge in [-0.3, -0.25) is 0 Å². The minimum atomic E-state index is -0.455. The Balaban J connectivity index is 1.81. The highest BCUT2D eigenvalue weighted by Crippen LogP contribution is 2.35. The van der Waals surface area contributed by atoms with Crippen molar-refractivity contribution in [2.45, 2.75) is 32.4 Å². The molecule has 4 nitrogen and oxygen atoms in total. The number of hydrogen-bond acceptors (Lipinski definition) is 4. The maximum absolute atomic E-state index is 9.47. The second-order valence-electron chi connectivity index (χ2n) is 7.24. The minimum absolute atomic E-state index is 0.116. The summed E-state index contributed by atoms with van der Waals surface area (Å²) in [6.07, 6.45) is 9.10. The SMILES string of the molecule is CC1C=c2cc(C3=CC=CC(C)(C#N)C3)cc(OC3CNC3)c2=C=N1. The van der Waals surface area contributed by atoms with E-state index < -0.39 is 5.41 Å². The smallest absolute Gasteiger partial charge is 0.137 e. The highest BCUT2D eigenvalue weighted by Gasteiger charge is 2.26. The van der Waals surface area contributed by atoms with E-state index in [0.29, 0.717) is 6.42 Å². The third-order valence-corrected chi connectivity index (χ3v) is 4.92. The normalized spacial score (nSPS) is 27.2. The first-order valence-corrected chi connectivity index (χ1v) is 8.72. The lowest BCUT2D eigenvalue weighted by Crippen LogP contribution is -2.51. The molecular formula is C21H21N3O. The molecule has 4 heteroatoms. The van der Waals surface area contributed by atoms with Gasteiger partial charge in [-0.15, -0.1) is 0 Å². The van der Waals surface area contributed by atoms with Crippen LogP contribution in [0.25, 0.3) is 11.6 Å². The number of allylic oxidation sites excluding steroid dienone is 4. The number of nitriles is 1. The first-order valence-electron chi connectivity index (χ1n) is 8.72. The van der Waals surface area contributed by atoms with Crippen LogP contribution in [0.5, 0.6) is 5.75 Å². The molecule has 2 unspecified atom stereocenters. The number of rotatable bonds is 3. The lowest BCUT2D eigenvalue weighted by molar-refractivity contribution is 0.141. The van der Waals surface area contributed by atoms with Gasteiger partial charge in [0, 0.05) is 13.1 Å². The Kier molecular flexibility index (Phi) is 3.84. The molecule has 1 aromatic carbocycles. The Hall–Kier alpha value is -2.60. The molecule has 0 spiro atoms. The van der Waals surface area contributed by atoms with Gasteiger partial charge in [-0.1, -0.05) is 24.3 Å². The molecule has 0 radical (unpaired) electrons. The third kappa shape index (κ3) is 3.05. The molecule has 0 saturated carbocycles.